The molecule has 0 N–H and O–H groups in total. The summed E-state index contributed by atoms with van der Waals surface area (Å²) in [6, 6.07) is 0. The summed E-state index contributed by atoms with van der Waals surface area (Å²) in [4.78, 5) is 12.0. The number of alkyl halides is 9. The third-order valence-corrected chi connectivity index (χ3v) is 2.12. The van der Waals surface area contributed by atoms with Crippen LogP contribution in [0.1, 0.15) is 0 Å². The Labute approximate surface area is 104 Å². The Kier molecular flexibility index (Phi) is 6.54. The average molecular weight is 324 g/mol. The van der Waals surface area contributed by atoms with Gasteiger partial charge in [0.15, 0.2) is 24.7 Å². The largest absolute Gasteiger partial charge is 0.420 e. The number of rotatable bonds is 7. The van der Waals surface area contributed by atoms with E-state index in [0.717, 1.165) is 0 Å². The van der Waals surface area contributed by atoms with Gasteiger partial charge in [0, 0.05) is 4.53 Å². The van der Waals surface area contributed by atoms with Crippen LogP contribution in [-0.2, 0) is 9.74 Å². The van der Waals surface area contributed by atoms with Gasteiger partial charge in [0.25, 0.3) is 6.43 Å². The van der Waals surface area contributed by atoms with E-state index in [0.29, 0.717) is 0 Å². The fraction of sp³-hybridized carbons (Fsp3) is 0.875. The normalized spacial score (nSPS) is 20.1. The van der Waals surface area contributed by atoms with Crippen LogP contribution in [0.25, 0.3) is 0 Å². The van der Waals surface area contributed by atoms with Gasteiger partial charge in [-0.2, -0.15) is 8.78 Å². The van der Waals surface area contributed by atoms with Crippen LogP contribution in [0.3, 0.4) is 0 Å². The number of hydrogen-bond donors (Lipinski definition) is 0. The van der Waals surface area contributed by atoms with Crippen molar-refractivity contribution in [2.45, 2.75) is 43.2 Å². The molecule has 0 heterocycles. The molecule has 0 aromatic rings. The molecule has 0 aliphatic rings. The van der Waals surface area contributed by atoms with Gasteiger partial charge in [0.2, 0.25) is 6.17 Å². The zero-order chi connectivity index (χ0) is 16.2. The molecule has 0 aliphatic carbocycles. The first-order chi connectivity index (χ1) is 8.98. The lowest BCUT2D eigenvalue weighted by Gasteiger charge is -2.25. The van der Waals surface area contributed by atoms with Crippen molar-refractivity contribution in [1.29, 1.82) is 0 Å². The number of halogens is 10. The quantitative estimate of drug-likeness (QED) is 0.673. The van der Waals surface area contributed by atoms with Gasteiger partial charge < -0.3 is 0 Å². The molecule has 5 unspecified atom stereocenters. The minimum Gasteiger partial charge on any atom is -0.248 e. The van der Waals surface area contributed by atoms with Gasteiger partial charge >= 0.3 is 11.9 Å². The van der Waals surface area contributed by atoms with Crippen LogP contribution in [0.5, 0.6) is 0 Å². The third-order valence-electron chi connectivity index (χ3n) is 2.12. The molecule has 2 nitrogen and oxygen atoms in total. The smallest absolute Gasteiger partial charge is 0.248 e. The van der Waals surface area contributed by atoms with Crippen molar-refractivity contribution in [1.82, 2.24) is 0 Å². The SMILES string of the molecule is O=C(OF)C(F)(F)C(F)C(F)C(F)C(F)C(F)C(F)F. The van der Waals surface area contributed by atoms with Gasteiger partial charge in [-0.05, 0) is 0 Å². The summed E-state index contributed by atoms with van der Waals surface area (Å²) >= 11 is 0. The van der Waals surface area contributed by atoms with E-state index >= 15 is 0 Å². The summed E-state index contributed by atoms with van der Waals surface area (Å²) in [5.41, 5.74) is 0. The highest BCUT2D eigenvalue weighted by Gasteiger charge is 2.58. The van der Waals surface area contributed by atoms with Gasteiger partial charge in [-0.1, -0.05) is 0 Å². The fourth-order valence-electron chi connectivity index (χ4n) is 1.02. The van der Waals surface area contributed by atoms with Crippen molar-refractivity contribution in [3.8, 4) is 0 Å². The van der Waals surface area contributed by atoms with E-state index in [1.807, 2.05) is 4.94 Å². The first-order valence-electron chi connectivity index (χ1n) is 4.67. The van der Waals surface area contributed by atoms with Crippen LogP contribution in [0.2, 0.25) is 0 Å². The van der Waals surface area contributed by atoms with Crippen LogP contribution in [0.15, 0.2) is 0 Å². The van der Waals surface area contributed by atoms with Crippen LogP contribution in [0, 0.1) is 0 Å². The lowest BCUT2D eigenvalue weighted by atomic mass is 10.0. The molecule has 0 amide bonds. The molecule has 0 radical (unpaired) electrons. The third kappa shape index (κ3) is 3.88. The van der Waals surface area contributed by atoms with Gasteiger partial charge in [-0.3, -0.25) is 0 Å². The number of carbonyl (C=O) groups is 1. The Bertz CT molecular complexity index is 324. The molecular weight excluding hydrogens is 318 g/mol. The molecule has 20 heavy (non-hydrogen) atoms. The zero-order valence-corrected chi connectivity index (χ0v) is 9.06. The molecular formula is C8H6F10O2. The summed E-state index contributed by atoms with van der Waals surface area (Å²) in [6.45, 7) is 0. The Balaban J connectivity index is 4.97. The highest BCUT2D eigenvalue weighted by molar-refractivity contribution is 5.77. The van der Waals surface area contributed by atoms with Gasteiger partial charge in [0.1, 0.15) is 0 Å². The standard InChI is InChI=1S/C8H6F10O2/c9-1(2(10)4(12)6(14)15)3(11)5(13)8(16,17)7(19)20-18/h1-6H. The molecule has 120 valence electrons. The molecule has 0 bridgehead atoms. The van der Waals surface area contributed by atoms with E-state index in [4.69, 9.17) is 0 Å². The Morgan fingerprint density at radius 1 is 0.800 bits per heavy atom. The van der Waals surface area contributed by atoms with Crippen molar-refractivity contribution < 1.29 is 53.8 Å². The predicted octanol–water partition coefficient (Wildman–Crippen LogP) is 3.01. The van der Waals surface area contributed by atoms with Crippen LogP contribution < -0.4 is 0 Å². The predicted molar refractivity (Wildman–Crippen MR) is 42.6 cm³/mol. The minimum absolute atomic E-state index is 1.91. The summed E-state index contributed by atoms with van der Waals surface area (Å²) < 4.78 is 123. The van der Waals surface area contributed by atoms with Crippen LogP contribution >= 0.6 is 0 Å². The molecule has 0 saturated heterocycles. The molecule has 12 heteroatoms. The van der Waals surface area contributed by atoms with E-state index in [9.17, 15) is 48.8 Å². The van der Waals surface area contributed by atoms with E-state index in [-0.39, 0.29) is 0 Å². The Morgan fingerprint density at radius 2 is 1.20 bits per heavy atom. The highest BCUT2D eigenvalue weighted by Crippen LogP contribution is 2.32. The molecule has 0 fully saturated rings. The highest BCUT2D eigenvalue weighted by atomic mass is 19.3. The van der Waals surface area contributed by atoms with E-state index in [2.05, 4.69) is 0 Å². The number of carbonyl (C=O) groups excluding carboxylic acids is 1. The molecule has 0 spiro atoms. The monoisotopic (exact) mass is 324 g/mol. The topological polar surface area (TPSA) is 26.3 Å². The summed E-state index contributed by atoms with van der Waals surface area (Å²) in [5, 5.41) is 0. The van der Waals surface area contributed by atoms with Gasteiger partial charge in [0.05, 0.1) is 0 Å². The Hall–Kier alpha value is -1.23. The average Bonchev–Trinajstić information content (AvgIpc) is 2.41. The Morgan fingerprint density at radius 3 is 1.55 bits per heavy atom. The van der Waals surface area contributed by atoms with E-state index < -0.39 is 49.2 Å². The first kappa shape index (κ1) is 18.8. The molecule has 0 saturated carbocycles. The maximum absolute atomic E-state index is 12.8. The molecule has 0 rings (SSSR count). The van der Waals surface area contributed by atoms with Crippen molar-refractivity contribution in [2.75, 3.05) is 0 Å². The summed E-state index contributed by atoms with van der Waals surface area (Å²) in [7, 11) is 0. The summed E-state index contributed by atoms with van der Waals surface area (Å²) in [6.07, 6.45) is -24.8. The molecule has 0 aromatic carbocycles. The second-order valence-corrected chi connectivity index (χ2v) is 3.50. The van der Waals surface area contributed by atoms with Gasteiger partial charge in [-0.25, -0.2) is 40.5 Å². The minimum atomic E-state index is -5.56. The van der Waals surface area contributed by atoms with E-state index in [1.54, 1.807) is 0 Å². The van der Waals surface area contributed by atoms with Crippen LogP contribution in [0.4, 0.5) is 44.0 Å². The van der Waals surface area contributed by atoms with Crippen molar-refractivity contribution in [3.05, 3.63) is 0 Å². The molecule has 0 aromatic heterocycles. The van der Waals surface area contributed by atoms with Crippen molar-refractivity contribution >= 4 is 5.97 Å². The summed E-state index contributed by atoms with van der Waals surface area (Å²) in [5.74, 6) is -8.81. The van der Waals surface area contributed by atoms with Crippen molar-refractivity contribution in [3.63, 3.8) is 0 Å². The van der Waals surface area contributed by atoms with Crippen molar-refractivity contribution in [2.24, 2.45) is 0 Å². The maximum atomic E-state index is 12.8. The second kappa shape index (κ2) is 6.97. The molecule has 5 atom stereocenters. The van der Waals surface area contributed by atoms with Gasteiger partial charge in [-0.15, -0.1) is 0 Å². The number of hydrogen-bond acceptors (Lipinski definition) is 2. The van der Waals surface area contributed by atoms with Crippen LogP contribution in [-0.4, -0.2) is 49.2 Å². The fourth-order valence-corrected chi connectivity index (χ4v) is 1.02. The first-order valence-corrected chi connectivity index (χ1v) is 4.67. The van der Waals surface area contributed by atoms with E-state index in [1.165, 1.54) is 0 Å². The zero-order valence-electron chi connectivity index (χ0n) is 9.06. The lowest BCUT2D eigenvalue weighted by Crippen LogP contribution is -2.50. The maximum Gasteiger partial charge on any atom is 0.420 e. The lowest BCUT2D eigenvalue weighted by molar-refractivity contribution is -0.225. The molecule has 0 aliphatic heterocycles. The second-order valence-electron chi connectivity index (χ2n) is 3.50.